The molecule has 32 heavy (non-hydrogen) atoms. The van der Waals surface area contributed by atoms with Crippen LogP contribution < -0.4 is 24.1 Å². The molecule has 0 N–H and O–H groups in total. The lowest BCUT2D eigenvalue weighted by Crippen LogP contribution is -2.66. The van der Waals surface area contributed by atoms with Gasteiger partial charge in [0.15, 0.2) is 21.9 Å². The van der Waals surface area contributed by atoms with Crippen LogP contribution in [-0.2, 0) is 11.2 Å². The van der Waals surface area contributed by atoms with Crippen LogP contribution in [0.25, 0.3) is 27.3 Å². The molecule has 4 aromatic rings. The number of fused-ring (bicyclic) bond motifs is 3. The van der Waals surface area contributed by atoms with Gasteiger partial charge in [-0.1, -0.05) is 31.5 Å². The van der Waals surface area contributed by atoms with Crippen molar-refractivity contribution in [3.05, 3.63) is 74.3 Å². The Morgan fingerprint density at radius 3 is 2.75 bits per heavy atom. The lowest BCUT2D eigenvalue weighted by molar-refractivity contribution is -1.92. The average Bonchev–Trinajstić information content (AvgIpc) is 3.23. The molecule has 1 unspecified atom stereocenters. The number of hydrogen-bond acceptors (Lipinski definition) is 8. The zero-order chi connectivity index (χ0) is 22.6. The Labute approximate surface area is 188 Å². The molecule has 10 heteroatoms. The van der Waals surface area contributed by atoms with Gasteiger partial charge in [-0.3, -0.25) is 0 Å². The van der Waals surface area contributed by atoms with Crippen LogP contribution in [0.15, 0.2) is 51.4 Å². The van der Waals surface area contributed by atoms with Crippen LogP contribution in [0.2, 0.25) is 0 Å². The Balaban J connectivity index is 1.71. The van der Waals surface area contributed by atoms with Gasteiger partial charge in [0.25, 0.3) is 0 Å². The van der Waals surface area contributed by atoms with E-state index in [-0.39, 0.29) is 11.1 Å². The van der Waals surface area contributed by atoms with Crippen molar-refractivity contribution in [1.82, 2.24) is 4.73 Å². The van der Waals surface area contributed by atoms with E-state index < -0.39 is 22.1 Å². The zero-order valence-corrected chi connectivity index (χ0v) is 18.7. The summed E-state index contributed by atoms with van der Waals surface area (Å²) in [6.07, 6.45) is 3.22. The van der Waals surface area contributed by atoms with Crippen molar-refractivity contribution in [3.63, 3.8) is 0 Å². The van der Waals surface area contributed by atoms with Gasteiger partial charge in [-0.05, 0) is 54.1 Å². The highest BCUT2D eigenvalue weighted by molar-refractivity contribution is 7.19. The van der Waals surface area contributed by atoms with E-state index in [2.05, 4.69) is 23.4 Å². The van der Waals surface area contributed by atoms with Crippen LogP contribution in [0.4, 0.5) is 0 Å². The third-order valence-electron chi connectivity index (χ3n) is 5.31. The molecular weight excluding hydrogens is 458 g/mol. The van der Waals surface area contributed by atoms with Crippen molar-refractivity contribution < 1.29 is 37.8 Å². The van der Waals surface area contributed by atoms with Crippen LogP contribution in [0.3, 0.4) is 0 Å². The molecule has 5 rings (SSSR count). The second-order valence-electron chi connectivity index (χ2n) is 7.50. The fraction of sp³-hybridized carbons (Fsp3) is 0.227. The minimum Gasteiger partial charge on any atom is -0.485 e. The van der Waals surface area contributed by atoms with E-state index in [0.717, 1.165) is 28.0 Å². The highest BCUT2D eigenvalue weighted by atomic mass is 35.7. The van der Waals surface area contributed by atoms with Gasteiger partial charge in [0, 0.05) is 15.0 Å². The maximum absolute atomic E-state index is 12.1. The molecule has 1 atom stereocenters. The van der Waals surface area contributed by atoms with E-state index in [9.17, 15) is 18.8 Å². The third-order valence-corrected chi connectivity index (χ3v) is 6.88. The summed E-state index contributed by atoms with van der Waals surface area (Å²) in [6.45, 7) is 3.95. The maximum Gasteiger partial charge on any atom is 0.465 e. The van der Waals surface area contributed by atoms with Crippen LogP contribution in [-0.4, -0.2) is 4.73 Å². The first kappa shape index (κ1) is 21.0. The molecule has 0 radical (unpaired) electrons. The number of allylic oxidation sites excluding steroid dienone is 1. The number of aromatic nitrogens is 1. The Morgan fingerprint density at radius 1 is 1.22 bits per heavy atom. The molecule has 0 spiro atoms. The fourth-order valence-electron chi connectivity index (χ4n) is 4.11. The van der Waals surface area contributed by atoms with Crippen LogP contribution in [0.1, 0.15) is 47.9 Å². The Bertz CT molecular complexity index is 1430. The predicted molar refractivity (Wildman–Crippen MR) is 109 cm³/mol. The topological polar surface area (TPSA) is 123 Å². The van der Waals surface area contributed by atoms with Crippen LogP contribution in [0.5, 0.6) is 0 Å². The van der Waals surface area contributed by atoms with E-state index in [1.54, 1.807) is 29.5 Å². The average molecular weight is 476 g/mol. The van der Waals surface area contributed by atoms with E-state index >= 15 is 0 Å². The van der Waals surface area contributed by atoms with Gasteiger partial charge >= 0.3 is 5.76 Å². The quantitative estimate of drug-likeness (QED) is 0.429. The summed E-state index contributed by atoms with van der Waals surface area (Å²) in [5.41, 5.74) is 2.83. The SMILES string of the molecule is CCCc1c(C2OC(C)=Cc3cc4c(cc32)oc(=O)n4O[Cl+3]([O-])([O-])[O-])sc2ccccc12. The fourth-order valence-corrected chi connectivity index (χ4v) is 5.71. The molecule has 1 aliphatic heterocycles. The molecule has 0 saturated heterocycles. The number of nitrogens with zero attached hydrogens (tertiary/aromatic N) is 1. The van der Waals surface area contributed by atoms with Gasteiger partial charge in [-0.25, -0.2) is 4.79 Å². The molecule has 0 bridgehead atoms. The summed E-state index contributed by atoms with van der Waals surface area (Å²) in [6, 6.07) is 11.4. The van der Waals surface area contributed by atoms with Gasteiger partial charge in [0.2, 0.25) is 0 Å². The molecule has 0 saturated carbocycles. The normalized spacial score (nSPS) is 16.2. The Morgan fingerprint density at radius 2 is 2.00 bits per heavy atom. The second kappa shape index (κ2) is 7.65. The summed E-state index contributed by atoms with van der Waals surface area (Å²) in [5.74, 6) is -0.449. The van der Waals surface area contributed by atoms with E-state index in [1.165, 1.54) is 10.9 Å². The number of rotatable bonds is 5. The highest BCUT2D eigenvalue weighted by Crippen LogP contribution is 2.45. The lowest BCUT2D eigenvalue weighted by atomic mass is 9.94. The van der Waals surface area contributed by atoms with Gasteiger partial charge in [0.05, 0.1) is 15.0 Å². The summed E-state index contributed by atoms with van der Waals surface area (Å²) >= 11 is 1.66. The molecule has 0 fully saturated rings. The van der Waals surface area contributed by atoms with Gasteiger partial charge < -0.3 is 9.15 Å². The zero-order valence-electron chi connectivity index (χ0n) is 17.1. The van der Waals surface area contributed by atoms with Gasteiger partial charge in [-0.2, -0.15) is 14.0 Å². The molecular formula is C22H18ClNO7S. The maximum atomic E-state index is 12.1. The van der Waals surface area contributed by atoms with E-state index in [1.807, 2.05) is 19.1 Å². The Hall–Kier alpha value is -2.82. The summed E-state index contributed by atoms with van der Waals surface area (Å²) < 4.78 is 50.2. The number of oxazole rings is 1. The molecule has 0 amide bonds. The number of benzene rings is 2. The highest BCUT2D eigenvalue weighted by Gasteiger charge is 2.31. The molecule has 0 aliphatic carbocycles. The van der Waals surface area contributed by atoms with Gasteiger partial charge in [0.1, 0.15) is 5.52 Å². The minimum absolute atomic E-state index is 0.0375. The minimum atomic E-state index is -4.87. The molecule has 2 aromatic carbocycles. The largest absolute Gasteiger partial charge is 0.485 e. The second-order valence-corrected chi connectivity index (χ2v) is 9.48. The van der Waals surface area contributed by atoms with Crippen LogP contribution >= 0.6 is 11.3 Å². The summed E-state index contributed by atoms with van der Waals surface area (Å²) in [7, 11) is -4.87. The number of hydrogen-bond donors (Lipinski definition) is 0. The Kier molecular flexibility index (Phi) is 5.03. The number of ether oxygens (including phenoxy) is 1. The molecule has 2 aromatic heterocycles. The molecule has 3 heterocycles. The summed E-state index contributed by atoms with van der Waals surface area (Å²) in [5, 5.41) is 1.19. The van der Waals surface area contributed by atoms with Crippen LogP contribution in [0, 0.1) is 10.2 Å². The van der Waals surface area contributed by atoms with Gasteiger partial charge in [-0.15, -0.1) is 11.3 Å². The van der Waals surface area contributed by atoms with Crippen molar-refractivity contribution >= 4 is 38.6 Å². The monoisotopic (exact) mass is 475 g/mol. The third kappa shape index (κ3) is 3.58. The number of thiophene rings is 1. The number of halogens is 1. The van der Waals surface area contributed by atoms with Crippen molar-refractivity contribution in [3.8, 4) is 0 Å². The summed E-state index contributed by atoms with van der Waals surface area (Å²) in [4.78, 5) is 13.2. The molecule has 1 aliphatic rings. The van der Waals surface area contributed by atoms with Crippen molar-refractivity contribution in [2.45, 2.75) is 32.8 Å². The first-order valence-corrected chi connectivity index (χ1v) is 12.0. The number of aryl methyl sites for hydroxylation is 1. The smallest absolute Gasteiger partial charge is 0.465 e. The standard InChI is InChI=1S/C22H18ClNO7S/c1-3-6-15-14-7-4-5-8-19(14)32-21(15)20-16-11-18-17(10-13(16)9-12(2)29-20)24(22(25)30-18)31-23(26,27)28/h4-5,7-11,20H,3,6H2,1-2H3. The van der Waals surface area contributed by atoms with E-state index in [4.69, 9.17) is 9.15 Å². The van der Waals surface area contributed by atoms with Crippen molar-refractivity contribution in [1.29, 1.82) is 0 Å². The molecule has 8 nitrogen and oxygen atoms in total. The van der Waals surface area contributed by atoms with Crippen molar-refractivity contribution in [2.75, 3.05) is 0 Å². The molecule has 166 valence electrons. The lowest BCUT2D eigenvalue weighted by Gasteiger charge is -2.26. The first-order valence-electron chi connectivity index (χ1n) is 9.90. The van der Waals surface area contributed by atoms with Crippen molar-refractivity contribution in [2.24, 2.45) is 0 Å². The van der Waals surface area contributed by atoms with E-state index in [0.29, 0.717) is 16.1 Å². The first-order chi connectivity index (χ1) is 15.2. The predicted octanol–water partition coefficient (Wildman–Crippen LogP) is 1.57.